The van der Waals surface area contributed by atoms with Gasteiger partial charge in [-0.3, -0.25) is 14.7 Å². The summed E-state index contributed by atoms with van der Waals surface area (Å²) in [5.74, 6) is -0.228. The minimum Gasteiger partial charge on any atom is -0.444 e. The van der Waals surface area contributed by atoms with Gasteiger partial charge >= 0.3 is 6.09 Å². The van der Waals surface area contributed by atoms with E-state index < -0.39 is 17.7 Å². The molecule has 2 amide bonds. The van der Waals surface area contributed by atoms with Gasteiger partial charge in [0.25, 0.3) is 0 Å². The number of aromatic nitrogens is 2. The maximum Gasteiger partial charge on any atom is 0.410 e. The second-order valence-electron chi connectivity index (χ2n) is 6.03. The van der Waals surface area contributed by atoms with Crippen LogP contribution in [0.3, 0.4) is 0 Å². The molecule has 8 heteroatoms. The molecule has 0 saturated carbocycles. The first-order valence-electron chi connectivity index (χ1n) is 7.00. The first-order chi connectivity index (χ1) is 10.3. The zero-order valence-electron chi connectivity index (χ0n) is 12.8. The van der Waals surface area contributed by atoms with Gasteiger partial charge in [0.05, 0.1) is 24.6 Å². The van der Waals surface area contributed by atoms with Gasteiger partial charge in [0.15, 0.2) is 0 Å². The van der Waals surface area contributed by atoms with E-state index in [0.717, 1.165) is 0 Å². The van der Waals surface area contributed by atoms with Gasteiger partial charge in [-0.25, -0.2) is 9.78 Å². The number of hydrogen-bond donors (Lipinski definition) is 1. The highest BCUT2D eigenvalue weighted by atomic mass is 35.5. The van der Waals surface area contributed by atoms with Crippen molar-refractivity contribution in [3.8, 4) is 0 Å². The van der Waals surface area contributed by atoms with Crippen LogP contribution in [-0.4, -0.2) is 45.1 Å². The van der Waals surface area contributed by atoms with E-state index in [4.69, 9.17) is 16.3 Å². The lowest BCUT2D eigenvalue weighted by atomic mass is 10.0. The fraction of sp³-hybridized carbons (Fsp3) is 0.571. The summed E-state index contributed by atoms with van der Waals surface area (Å²) in [6, 6.07) is -0.491. The topological polar surface area (TPSA) is 84.4 Å². The number of carbonyl (C=O) groups is 2. The van der Waals surface area contributed by atoms with Crippen molar-refractivity contribution in [3.63, 3.8) is 0 Å². The lowest BCUT2D eigenvalue weighted by Gasteiger charge is -2.40. The third-order valence-corrected chi connectivity index (χ3v) is 3.26. The standard InChI is InChI=1S/C14H19ClN4O3/c1-14(2,3)22-13(21)19-5-4-10(19)12(20)18-7-9-6-17-11(15)8-16-9/h6,8,10H,4-5,7H2,1-3H3,(H,18,20)/t10-/m1/s1. The maximum absolute atomic E-state index is 12.1. The molecule has 2 heterocycles. The van der Waals surface area contributed by atoms with Gasteiger partial charge in [-0.05, 0) is 27.2 Å². The fourth-order valence-electron chi connectivity index (χ4n) is 1.92. The number of hydrogen-bond acceptors (Lipinski definition) is 5. The number of rotatable bonds is 3. The summed E-state index contributed by atoms with van der Waals surface area (Å²) in [6.07, 6.45) is 3.07. The second kappa shape index (κ2) is 6.48. The van der Waals surface area contributed by atoms with E-state index in [1.807, 2.05) is 0 Å². The molecule has 120 valence electrons. The molecule has 22 heavy (non-hydrogen) atoms. The highest BCUT2D eigenvalue weighted by Gasteiger charge is 2.39. The number of amides is 2. The largest absolute Gasteiger partial charge is 0.444 e. The molecule has 2 rings (SSSR count). The maximum atomic E-state index is 12.1. The van der Waals surface area contributed by atoms with Gasteiger partial charge in [-0.2, -0.15) is 0 Å². The van der Waals surface area contributed by atoms with Crippen molar-refractivity contribution in [2.75, 3.05) is 6.54 Å². The van der Waals surface area contributed by atoms with E-state index in [0.29, 0.717) is 23.8 Å². The van der Waals surface area contributed by atoms with Crippen LogP contribution >= 0.6 is 11.6 Å². The van der Waals surface area contributed by atoms with Crippen LogP contribution in [0.2, 0.25) is 5.15 Å². The van der Waals surface area contributed by atoms with Crippen LogP contribution in [-0.2, 0) is 16.1 Å². The van der Waals surface area contributed by atoms with E-state index in [1.54, 1.807) is 20.8 Å². The first kappa shape index (κ1) is 16.5. The molecular formula is C14H19ClN4O3. The predicted octanol–water partition coefficient (Wildman–Crippen LogP) is 1.76. The molecule has 1 saturated heterocycles. The van der Waals surface area contributed by atoms with Gasteiger partial charge in [0, 0.05) is 6.54 Å². The summed E-state index contributed by atoms with van der Waals surface area (Å²) in [7, 11) is 0. The zero-order chi connectivity index (χ0) is 16.3. The van der Waals surface area contributed by atoms with E-state index in [1.165, 1.54) is 17.3 Å². The fourth-order valence-corrected chi connectivity index (χ4v) is 2.02. The summed E-state index contributed by atoms with van der Waals surface area (Å²) in [6.45, 7) is 6.13. The Hall–Kier alpha value is -1.89. The molecule has 1 aliphatic heterocycles. The minimum atomic E-state index is -0.577. The molecule has 0 aromatic carbocycles. The molecule has 1 fully saturated rings. The van der Waals surface area contributed by atoms with Crippen molar-refractivity contribution < 1.29 is 14.3 Å². The van der Waals surface area contributed by atoms with Crippen molar-refractivity contribution in [3.05, 3.63) is 23.2 Å². The summed E-state index contributed by atoms with van der Waals surface area (Å²) in [5, 5.41) is 3.03. The van der Waals surface area contributed by atoms with Crippen molar-refractivity contribution in [2.24, 2.45) is 0 Å². The Labute approximate surface area is 134 Å². The van der Waals surface area contributed by atoms with Gasteiger partial charge < -0.3 is 10.1 Å². The van der Waals surface area contributed by atoms with Crippen molar-refractivity contribution in [1.29, 1.82) is 0 Å². The Bertz CT molecular complexity index is 556. The average molecular weight is 327 g/mol. The molecule has 1 aromatic heterocycles. The molecule has 7 nitrogen and oxygen atoms in total. The van der Waals surface area contributed by atoms with Crippen LogP contribution in [0.5, 0.6) is 0 Å². The molecule has 0 radical (unpaired) electrons. The normalized spacial score (nSPS) is 17.6. The van der Waals surface area contributed by atoms with E-state index in [9.17, 15) is 9.59 Å². The quantitative estimate of drug-likeness (QED) is 0.914. The molecule has 0 aliphatic carbocycles. The third-order valence-electron chi connectivity index (χ3n) is 3.07. The van der Waals surface area contributed by atoms with Crippen molar-refractivity contribution in [1.82, 2.24) is 20.2 Å². The lowest BCUT2D eigenvalue weighted by molar-refractivity contribution is -0.130. The van der Waals surface area contributed by atoms with Crippen LogP contribution in [0, 0.1) is 0 Å². The molecule has 0 bridgehead atoms. The van der Waals surface area contributed by atoms with Gasteiger partial charge in [0.1, 0.15) is 16.8 Å². The number of likely N-dealkylation sites (tertiary alicyclic amines) is 1. The van der Waals surface area contributed by atoms with E-state index >= 15 is 0 Å². The lowest BCUT2D eigenvalue weighted by Crippen LogP contribution is -2.59. The first-order valence-corrected chi connectivity index (χ1v) is 7.38. The van der Waals surface area contributed by atoms with Crippen LogP contribution in [0.1, 0.15) is 32.9 Å². The van der Waals surface area contributed by atoms with Crippen LogP contribution in [0.25, 0.3) is 0 Å². The van der Waals surface area contributed by atoms with Crippen molar-refractivity contribution in [2.45, 2.75) is 45.4 Å². The Morgan fingerprint density at radius 1 is 1.41 bits per heavy atom. The number of nitrogens with one attached hydrogen (secondary N) is 1. The monoisotopic (exact) mass is 326 g/mol. The Morgan fingerprint density at radius 2 is 2.14 bits per heavy atom. The molecule has 1 aromatic rings. The molecule has 1 aliphatic rings. The average Bonchev–Trinajstić information content (AvgIpc) is 2.34. The van der Waals surface area contributed by atoms with Crippen LogP contribution in [0.15, 0.2) is 12.4 Å². The molecule has 0 spiro atoms. The predicted molar refractivity (Wildman–Crippen MR) is 80.2 cm³/mol. The Kier molecular flexibility index (Phi) is 4.85. The third kappa shape index (κ3) is 4.30. The van der Waals surface area contributed by atoms with E-state index in [-0.39, 0.29) is 12.5 Å². The van der Waals surface area contributed by atoms with Crippen molar-refractivity contribution >= 4 is 23.6 Å². The Morgan fingerprint density at radius 3 is 2.64 bits per heavy atom. The zero-order valence-corrected chi connectivity index (χ0v) is 13.6. The summed E-state index contributed by atoms with van der Waals surface area (Å²) in [4.78, 5) is 33.4. The summed E-state index contributed by atoms with van der Waals surface area (Å²) in [5.41, 5.74) is 0.0213. The highest BCUT2D eigenvalue weighted by Crippen LogP contribution is 2.21. The van der Waals surface area contributed by atoms with Crippen LogP contribution < -0.4 is 5.32 Å². The van der Waals surface area contributed by atoms with Gasteiger partial charge in [-0.15, -0.1) is 0 Å². The van der Waals surface area contributed by atoms with E-state index in [2.05, 4.69) is 15.3 Å². The number of halogens is 1. The Balaban J connectivity index is 1.85. The summed E-state index contributed by atoms with van der Waals surface area (Å²) < 4.78 is 5.27. The number of ether oxygens (including phenoxy) is 1. The molecule has 0 unspecified atom stereocenters. The number of nitrogens with zero attached hydrogens (tertiary/aromatic N) is 3. The minimum absolute atomic E-state index is 0.228. The smallest absolute Gasteiger partial charge is 0.410 e. The van der Waals surface area contributed by atoms with Gasteiger partial charge in [0.2, 0.25) is 5.91 Å². The SMILES string of the molecule is CC(C)(C)OC(=O)N1CC[C@@H]1C(=O)NCc1cnc(Cl)cn1. The molecular weight excluding hydrogens is 308 g/mol. The molecule has 1 N–H and O–H groups in total. The number of carbonyl (C=O) groups excluding carboxylic acids is 2. The van der Waals surface area contributed by atoms with Gasteiger partial charge in [-0.1, -0.05) is 11.6 Å². The molecule has 1 atom stereocenters. The van der Waals surface area contributed by atoms with Crippen LogP contribution in [0.4, 0.5) is 4.79 Å². The second-order valence-corrected chi connectivity index (χ2v) is 6.41. The summed E-state index contributed by atoms with van der Waals surface area (Å²) >= 11 is 5.64. The highest BCUT2D eigenvalue weighted by molar-refractivity contribution is 6.29.